The number of pyridine rings is 1. The molecule has 0 radical (unpaired) electrons. The Morgan fingerprint density at radius 2 is 1.31 bits per heavy atom. The summed E-state index contributed by atoms with van der Waals surface area (Å²) in [5.41, 5.74) is 3.19. The van der Waals surface area contributed by atoms with Gasteiger partial charge in [0.05, 0.1) is 34.0 Å². The van der Waals surface area contributed by atoms with E-state index >= 15 is 0 Å². The molecule has 2 N–H and O–H groups in total. The highest BCUT2D eigenvalue weighted by Gasteiger charge is 2.38. The fourth-order valence-corrected chi connectivity index (χ4v) is 4.40. The molecule has 2 aromatic carbocycles. The molecule has 10 nitrogen and oxygen atoms in total. The van der Waals surface area contributed by atoms with Crippen LogP contribution in [0.2, 0.25) is 0 Å². The second kappa shape index (κ2) is 15.4. The Morgan fingerprint density at radius 1 is 0.844 bits per heavy atom. The van der Waals surface area contributed by atoms with Crippen LogP contribution in [-0.4, -0.2) is 68.4 Å². The largest absolute Gasteiger partial charge is 0.493 e. The van der Waals surface area contributed by atoms with Crippen molar-refractivity contribution in [2.75, 3.05) is 28.4 Å². The van der Waals surface area contributed by atoms with Crippen molar-refractivity contribution in [2.45, 2.75) is 25.1 Å². The molecule has 1 amide bonds. The molecule has 4 rings (SSSR count). The quantitative estimate of drug-likeness (QED) is 0.316. The van der Waals surface area contributed by atoms with Crippen LogP contribution < -0.4 is 24.3 Å². The van der Waals surface area contributed by atoms with E-state index in [1.54, 1.807) is 58.9 Å². The third kappa shape index (κ3) is 9.33. The van der Waals surface area contributed by atoms with Crippen LogP contribution in [0.3, 0.4) is 0 Å². The minimum atomic E-state index is -5.08. The molecular weight excluding hydrogens is 597 g/mol. The minimum absolute atomic E-state index is 0.0820. The first kappa shape index (κ1) is 34.2. The average molecular weight is 629 g/mol. The fraction of sp³-hybridized carbons (Fsp3) is 0.250. The number of halogens is 3. The maximum atomic E-state index is 13.6. The van der Waals surface area contributed by atoms with Crippen molar-refractivity contribution in [2.24, 2.45) is 0 Å². The van der Waals surface area contributed by atoms with E-state index in [0.717, 1.165) is 11.1 Å². The number of benzene rings is 2. The van der Waals surface area contributed by atoms with E-state index in [9.17, 15) is 22.8 Å². The first-order chi connectivity index (χ1) is 21.4. The lowest BCUT2D eigenvalue weighted by atomic mass is 9.83. The topological polar surface area (TPSA) is 133 Å². The molecule has 0 bridgehead atoms. The molecule has 3 aromatic rings. The lowest BCUT2D eigenvalue weighted by Crippen LogP contribution is -2.39. The zero-order chi connectivity index (χ0) is 33.1. The van der Waals surface area contributed by atoms with E-state index in [1.807, 2.05) is 36.4 Å². The van der Waals surface area contributed by atoms with Crippen molar-refractivity contribution in [1.82, 2.24) is 10.3 Å². The van der Waals surface area contributed by atoms with Gasteiger partial charge in [0.25, 0.3) is 5.91 Å². The van der Waals surface area contributed by atoms with Crippen molar-refractivity contribution < 1.29 is 51.6 Å². The number of carbonyl (C=O) groups excluding carboxylic acids is 2. The van der Waals surface area contributed by atoms with E-state index in [0.29, 0.717) is 52.5 Å². The van der Waals surface area contributed by atoms with Crippen molar-refractivity contribution in [1.29, 1.82) is 0 Å². The first-order valence-corrected chi connectivity index (χ1v) is 13.3. The van der Waals surface area contributed by atoms with E-state index in [2.05, 4.69) is 10.3 Å². The van der Waals surface area contributed by atoms with Crippen LogP contribution in [0.5, 0.6) is 23.0 Å². The molecule has 45 heavy (non-hydrogen) atoms. The molecule has 1 aliphatic carbocycles. The van der Waals surface area contributed by atoms with Crippen LogP contribution >= 0.6 is 0 Å². The van der Waals surface area contributed by atoms with Gasteiger partial charge in [0.1, 0.15) is 0 Å². The number of nitrogens with zero attached hydrogens (tertiary/aromatic N) is 1. The van der Waals surface area contributed by atoms with Crippen LogP contribution in [-0.2, 0) is 9.59 Å². The maximum Gasteiger partial charge on any atom is 0.490 e. The van der Waals surface area contributed by atoms with Gasteiger partial charge < -0.3 is 29.4 Å². The Hall–Kier alpha value is -5.33. The number of hydrogen-bond donors (Lipinski definition) is 2. The SMILES string of the molecule is COc1ccc(/C=C2\CC(NC(=O)c3cccnc3)C/C(=C\c3ccc(OC)c(OC)c3)C2=O)cc1OC.O=C(O)C(F)(F)F. The average Bonchev–Trinajstić information content (AvgIpc) is 3.03. The number of Topliss-reactive ketones (excluding diaryl/α,β-unsaturated/α-hetero) is 1. The summed E-state index contributed by atoms with van der Waals surface area (Å²) in [7, 11) is 6.27. The lowest BCUT2D eigenvalue weighted by Gasteiger charge is -2.27. The molecule has 0 aliphatic heterocycles. The summed E-state index contributed by atoms with van der Waals surface area (Å²) in [4.78, 5) is 39.4. The Kier molecular flexibility index (Phi) is 11.7. The molecular formula is C32H31F3N2O8. The number of carboxylic acids is 1. The summed E-state index contributed by atoms with van der Waals surface area (Å²) >= 11 is 0. The van der Waals surface area contributed by atoms with E-state index in [1.165, 1.54) is 6.20 Å². The molecule has 1 aromatic heterocycles. The number of amides is 1. The zero-order valence-electron chi connectivity index (χ0n) is 24.8. The maximum absolute atomic E-state index is 13.6. The number of ether oxygens (including phenoxy) is 4. The highest BCUT2D eigenvalue weighted by atomic mass is 19.4. The molecule has 0 spiro atoms. The van der Waals surface area contributed by atoms with Crippen LogP contribution in [0.4, 0.5) is 13.2 Å². The van der Waals surface area contributed by atoms with Crippen LogP contribution in [0.25, 0.3) is 12.2 Å². The summed E-state index contributed by atoms with van der Waals surface area (Å²) in [6.45, 7) is 0. The molecule has 1 heterocycles. The Morgan fingerprint density at radius 3 is 1.69 bits per heavy atom. The molecule has 0 saturated heterocycles. The van der Waals surface area contributed by atoms with Crippen molar-refractivity contribution in [3.05, 3.63) is 88.8 Å². The standard InChI is InChI=1S/C30H30N2O6.C2HF3O2/c1-35-25-9-7-19(14-27(25)37-3)12-22-16-24(32-30(34)21-6-5-11-31-18-21)17-23(29(22)33)13-20-8-10-26(36-2)28(15-20)38-4;3-2(4,5)1(6)7/h5-15,18,24H,16-17H2,1-4H3,(H,32,34);(H,6,7)/b22-12+,23-13+;. The first-order valence-electron chi connectivity index (χ1n) is 13.3. The molecule has 0 atom stereocenters. The molecule has 238 valence electrons. The second-order valence-electron chi connectivity index (χ2n) is 9.52. The fourth-order valence-electron chi connectivity index (χ4n) is 4.40. The van der Waals surface area contributed by atoms with Crippen LogP contribution in [0.15, 0.2) is 72.1 Å². The summed E-state index contributed by atoms with van der Waals surface area (Å²) in [6.07, 6.45) is 2.46. The molecule has 1 fully saturated rings. The van der Waals surface area contributed by atoms with Gasteiger partial charge in [-0.15, -0.1) is 0 Å². The number of ketones is 1. The summed E-state index contributed by atoms with van der Waals surface area (Å²) < 4.78 is 53.2. The zero-order valence-corrected chi connectivity index (χ0v) is 24.8. The van der Waals surface area contributed by atoms with Crippen molar-refractivity contribution in [3.63, 3.8) is 0 Å². The van der Waals surface area contributed by atoms with E-state index < -0.39 is 12.1 Å². The predicted octanol–water partition coefficient (Wildman–Crippen LogP) is 5.38. The van der Waals surface area contributed by atoms with Gasteiger partial charge in [-0.25, -0.2) is 4.79 Å². The van der Waals surface area contributed by atoms with Gasteiger partial charge in [-0.05, 0) is 72.5 Å². The summed E-state index contributed by atoms with van der Waals surface area (Å²) in [5.74, 6) is -0.761. The Bertz CT molecular complexity index is 1510. The summed E-state index contributed by atoms with van der Waals surface area (Å²) in [6, 6.07) is 14.1. The monoisotopic (exact) mass is 628 g/mol. The van der Waals surface area contributed by atoms with E-state index in [4.69, 9.17) is 28.8 Å². The third-order valence-electron chi connectivity index (χ3n) is 6.51. The highest BCUT2D eigenvalue weighted by Crippen LogP contribution is 2.34. The number of alkyl halides is 3. The number of carboxylic acid groups (broad SMARTS) is 1. The number of carbonyl (C=O) groups is 3. The van der Waals surface area contributed by atoms with Crippen molar-refractivity contribution >= 4 is 29.8 Å². The number of hydrogen-bond acceptors (Lipinski definition) is 8. The minimum Gasteiger partial charge on any atom is -0.493 e. The highest BCUT2D eigenvalue weighted by molar-refractivity contribution is 6.14. The number of nitrogens with one attached hydrogen (secondary N) is 1. The van der Waals surface area contributed by atoms with Crippen LogP contribution in [0, 0.1) is 0 Å². The molecule has 0 unspecified atom stereocenters. The van der Waals surface area contributed by atoms with Gasteiger partial charge >= 0.3 is 12.1 Å². The number of rotatable bonds is 8. The number of methoxy groups -OCH3 is 4. The van der Waals surface area contributed by atoms with Gasteiger partial charge in [0, 0.05) is 29.6 Å². The second-order valence-corrected chi connectivity index (χ2v) is 9.52. The number of aromatic nitrogens is 1. The smallest absolute Gasteiger partial charge is 0.490 e. The third-order valence-corrected chi connectivity index (χ3v) is 6.51. The van der Waals surface area contributed by atoms with Gasteiger partial charge in [-0.2, -0.15) is 13.2 Å². The van der Waals surface area contributed by atoms with Gasteiger partial charge in [-0.1, -0.05) is 12.1 Å². The summed E-state index contributed by atoms with van der Waals surface area (Å²) in [5, 5.41) is 10.2. The Labute approximate surface area is 257 Å². The lowest BCUT2D eigenvalue weighted by molar-refractivity contribution is -0.192. The Balaban J connectivity index is 0.000000707. The van der Waals surface area contributed by atoms with Crippen LogP contribution in [0.1, 0.15) is 34.3 Å². The molecule has 1 aliphatic rings. The van der Waals surface area contributed by atoms with Gasteiger partial charge in [0.15, 0.2) is 28.8 Å². The van der Waals surface area contributed by atoms with Crippen molar-refractivity contribution in [3.8, 4) is 23.0 Å². The predicted molar refractivity (Wildman–Crippen MR) is 158 cm³/mol. The van der Waals surface area contributed by atoms with Gasteiger partial charge in [0.2, 0.25) is 0 Å². The normalized spacial score (nSPS) is 16.3. The molecule has 13 heteroatoms. The molecule has 1 saturated carbocycles. The number of aliphatic carboxylic acids is 1. The van der Waals surface area contributed by atoms with E-state index in [-0.39, 0.29) is 17.7 Å². The van der Waals surface area contributed by atoms with Gasteiger partial charge in [-0.3, -0.25) is 14.6 Å².